The number of hydrogen-bond acceptors (Lipinski definition) is 10. The Hall–Kier alpha value is -3.96. The van der Waals surface area contributed by atoms with Crippen molar-refractivity contribution < 1.29 is 48.9 Å². The molecule has 224 valence electrons. The van der Waals surface area contributed by atoms with Gasteiger partial charge in [0.05, 0.1) is 20.1 Å². The van der Waals surface area contributed by atoms with Gasteiger partial charge in [-0.25, -0.2) is 4.79 Å². The standard InChI is InChI=1S/C15H20O4.C9H14O3.C6H7BO3/c1-10(2)14(17)9-12(15(18)19-3)8-11-4-6-13(16)7-5-11;1-6(2)8(10)5-7(3)9(11)12-4;8-6-3-1-5(2-4-6)7(9)10/h4-7,10,12,16H,8-9H2,1-3H3;6H,3,5H2,1-2,4H3;1-4,8-10H. The van der Waals surface area contributed by atoms with Crippen LogP contribution in [0.2, 0.25) is 0 Å². The number of aromatic hydroxyl groups is 2. The van der Waals surface area contributed by atoms with Crippen molar-refractivity contribution in [3.63, 3.8) is 0 Å². The molecular formula is C30H41BO10. The van der Waals surface area contributed by atoms with Crippen LogP contribution in [0.4, 0.5) is 0 Å². The predicted molar refractivity (Wildman–Crippen MR) is 155 cm³/mol. The van der Waals surface area contributed by atoms with E-state index in [0.29, 0.717) is 11.9 Å². The van der Waals surface area contributed by atoms with E-state index < -0.39 is 19.0 Å². The fourth-order valence-corrected chi connectivity index (χ4v) is 3.08. The Kier molecular flexibility index (Phi) is 17.3. The molecule has 0 aliphatic carbocycles. The molecule has 41 heavy (non-hydrogen) atoms. The number of rotatable bonds is 11. The van der Waals surface area contributed by atoms with E-state index in [2.05, 4.69) is 11.3 Å². The lowest BCUT2D eigenvalue weighted by Crippen LogP contribution is -2.29. The van der Waals surface area contributed by atoms with Crippen LogP contribution in [0.5, 0.6) is 11.5 Å². The van der Waals surface area contributed by atoms with Gasteiger partial charge < -0.3 is 29.7 Å². The summed E-state index contributed by atoms with van der Waals surface area (Å²) in [5.41, 5.74) is 1.48. The van der Waals surface area contributed by atoms with Crippen molar-refractivity contribution in [3.8, 4) is 11.5 Å². The Bertz CT molecular complexity index is 1120. The minimum atomic E-state index is -1.46. The topological polar surface area (TPSA) is 168 Å². The van der Waals surface area contributed by atoms with Gasteiger partial charge in [-0.05, 0) is 41.7 Å². The molecule has 2 aromatic rings. The monoisotopic (exact) mass is 572 g/mol. The maximum atomic E-state index is 11.8. The van der Waals surface area contributed by atoms with Gasteiger partial charge in [0.1, 0.15) is 23.1 Å². The molecule has 0 aliphatic rings. The molecule has 0 heterocycles. The quantitative estimate of drug-likeness (QED) is 0.179. The second-order valence-corrected chi connectivity index (χ2v) is 9.77. The zero-order valence-corrected chi connectivity index (χ0v) is 24.5. The molecule has 0 amide bonds. The lowest BCUT2D eigenvalue weighted by Gasteiger charge is -2.15. The van der Waals surface area contributed by atoms with E-state index in [0.717, 1.165) is 5.56 Å². The molecule has 4 N–H and O–H groups in total. The summed E-state index contributed by atoms with van der Waals surface area (Å²) in [7, 11) is 1.14. The average molecular weight is 572 g/mol. The van der Waals surface area contributed by atoms with Crippen LogP contribution in [0, 0.1) is 17.8 Å². The SMILES string of the molecule is C=C(CC(=O)C(C)C)C(=O)OC.COC(=O)C(CC(=O)C(C)C)Cc1ccc(O)cc1.OB(O)c1ccc(O)cc1. The van der Waals surface area contributed by atoms with E-state index in [1.165, 1.54) is 38.5 Å². The molecule has 11 heteroatoms. The molecule has 1 unspecified atom stereocenters. The number of carbonyl (C=O) groups excluding carboxylic acids is 4. The molecule has 2 aromatic carbocycles. The van der Waals surface area contributed by atoms with Gasteiger partial charge >= 0.3 is 19.1 Å². The van der Waals surface area contributed by atoms with E-state index in [1.54, 1.807) is 38.1 Å². The highest BCUT2D eigenvalue weighted by molar-refractivity contribution is 6.58. The van der Waals surface area contributed by atoms with Crippen molar-refractivity contribution in [3.05, 3.63) is 66.2 Å². The van der Waals surface area contributed by atoms with Gasteiger partial charge in [-0.3, -0.25) is 14.4 Å². The van der Waals surface area contributed by atoms with Crippen molar-refractivity contribution >= 4 is 36.1 Å². The molecule has 2 rings (SSSR count). The first-order chi connectivity index (χ1) is 19.1. The molecule has 0 aromatic heterocycles. The second kappa shape index (κ2) is 19.2. The van der Waals surface area contributed by atoms with E-state index in [-0.39, 0.29) is 59.3 Å². The molecule has 0 saturated heterocycles. The highest BCUT2D eigenvalue weighted by Gasteiger charge is 2.24. The second-order valence-electron chi connectivity index (χ2n) is 9.77. The van der Waals surface area contributed by atoms with Crippen LogP contribution in [-0.2, 0) is 35.1 Å². The molecule has 0 fully saturated rings. The van der Waals surface area contributed by atoms with Crippen LogP contribution in [0.15, 0.2) is 60.7 Å². The zero-order chi connectivity index (χ0) is 31.7. The Morgan fingerprint density at radius 3 is 1.63 bits per heavy atom. The minimum Gasteiger partial charge on any atom is -0.508 e. The largest absolute Gasteiger partial charge is 0.508 e. The van der Waals surface area contributed by atoms with Crippen molar-refractivity contribution in [1.82, 2.24) is 0 Å². The summed E-state index contributed by atoms with van der Waals surface area (Å²) in [5.74, 6) is -1.16. The van der Waals surface area contributed by atoms with Gasteiger partial charge in [0.2, 0.25) is 0 Å². The number of methoxy groups -OCH3 is 2. The molecular weight excluding hydrogens is 531 g/mol. The van der Waals surface area contributed by atoms with Gasteiger partial charge in [-0.1, -0.05) is 58.5 Å². The fraction of sp³-hybridized carbons (Fsp3) is 0.400. The van der Waals surface area contributed by atoms with E-state index >= 15 is 0 Å². The van der Waals surface area contributed by atoms with E-state index in [1.807, 2.05) is 13.8 Å². The zero-order valence-electron chi connectivity index (χ0n) is 24.5. The molecule has 1 atom stereocenters. The first-order valence-corrected chi connectivity index (χ1v) is 12.9. The smallest absolute Gasteiger partial charge is 0.488 e. The van der Waals surface area contributed by atoms with E-state index in [9.17, 15) is 24.3 Å². The summed E-state index contributed by atoms with van der Waals surface area (Å²) in [4.78, 5) is 45.4. The molecule has 0 spiro atoms. The van der Waals surface area contributed by atoms with Crippen LogP contribution in [-0.4, -0.2) is 65.1 Å². The maximum Gasteiger partial charge on any atom is 0.488 e. The summed E-state index contributed by atoms with van der Waals surface area (Å²) in [6.45, 7) is 10.7. The van der Waals surface area contributed by atoms with Gasteiger partial charge in [0.25, 0.3) is 0 Å². The summed E-state index contributed by atoms with van der Waals surface area (Å²) in [6, 6.07) is 12.3. The molecule has 0 bridgehead atoms. The van der Waals surface area contributed by atoms with Crippen LogP contribution in [0.25, 0.3) is 0 Å². The normalized spacial score (nSPS) is 10.8. The summed E-state index contributed by atoms with van der Waals surface area (Å²) < 4.78 is 9.15. The Balaban J connectivity index is 0.000000626. The average Bonchev–Trinajstić information content (AvgIpc) is 2.93. The lowest BCUT2D eigenvalue weighted by atomic mass is 9.80. The highest BCUT2D eigenvalue weighted by Crippen LogP contribution is 2.19. The predicted octanol–water partition coefficient (Wildman–Crippen LogP) is 2.74. The highest BCUT2D eigenvalue weighted by atomic mass is 16.5. The number of ether oxygens (including phenoxy) is 2. The van der Waals surface area contributed by atoms with Gasteiger partial charge in [-0.15, -0.1) is 0 Å². The Morgan fingerprint density at radius 2 is 1.24 bits per heavy atom. The first kappa shape index (κ1) is 37.0. The van der Waals surface area contributed by atoms with Gasteiger partial charge in [-0.2, -0.15) is 0 Å². The summed E-state index contributed by atoms with van der Waals surface area (Å²) in [6.07, 6.45) is 0.709. The molecule has 0 aliphatic heterocycles. The van der Waals surface area contributed by atoms with Crippen molar-refractivity contribution in [2.24, 2.45) is 17.8 Å². The summed E-state index contributed by atoms with van der Waals surface area (Å²) >= 11 is 0. The number of benzene rings is 2. The lowest BCUT2D eigenvalue weighted by molar-refractivity contribution is -0.147. The van der Waals surface area contributed by atoms with Gasteiger partial charge in [0.15, 0.2) is 0 Å². The number of carbonyl (C=O) groups is 4. The van der Waals surface area contributed by atoms with Crippen molar-refractivity contribution in [2.45, 2.75) is 47.0 Å². The first-order valence-electron chi connectivity index (χ1n) is 12.9. The van der Waals surface area contributed by atoms with Crippen molar-refractivity contribution in [2.75, 3.05) is 14.2 Å². The van der Waals surface area contributed by atoms with Crippen LogP contribution in [0.3, 0.4) is 0 Å². The van der Waals surface area contributed by atoms with Crippen LogP contribution in [0.1, 0.15) is 46.1 Å². The van der Waals surface area contributed by atoms with Crippen LogP contribution < -0.4 is 5.46 Å². The number of Topliss-reactive ketones (excluding diaryl/α,β-unsaturated/α-hetero) is 2. The minimum absolute atomic E-state index is 0.00500. The fourth-order valence-electron chi connectivity index (χ4n) is 3.08. The number of phenols is 2. The summed E-state index contributed by atoms with van der Waals surface area (Å²) in [5, 5.41) is 35.2. The molecule has 10 nitrogen and oxygen atoms in total. The third-order valence-corrected chi connectivity index (χ3v) is 5.74. The number of hydrogen-bond donors (Lipinski definition) is 4. The number of phenolic OH excluding ortho intramolecular Hbond substituents is 2. The van der Waals surface area contributed by atoms with Gasteiger partial charge in [0, 0.05) is 30.3 Å². The Morgan fingerprint density at radius 1 is 0.780 bits per heavy atom. The third kappa shape index (κ3) is 15.4. The Labute approximate surface area is 241 Å². The maximum absolute atomic E-state index is 11.8. The van der Waals surface area contributed by atoms with Crippen LogP contribution >= 0.6 is 0 Å². The third-order valence-electron chi connectivity index (χ3n) is 5.74. The van der Waals surface area contributed by atoms with Crippen molar-refractivity contribution in [1.29, 1.82) is 0 Å². The molecule has 0 saturated carbocycles. The number of ketones is 2. The van der Waals surface area contributed by atoms with E-state index in [4.69, 9.17) is 19.9 Å². The molecule has 0 radical (unpaired) electrons. The number of esters is 2.